The van der Waals surface area contributed by atoms with Crippen LogP contribution in [0.4, 0.5) is 0 Å². The molecule has 1 rings (SSSR count). The standard InChI is InChI=1S/C16H21NO5/c1-5-10(2)12-9-13(11(3)8-14(12)18)17-22-16(20)7-6-15(19)21-4/h8-10H,5-7H2,1-4H3/b17-13+. The third-order valence-electron chi connectivity index (χ3n) is 3.48. The van der Waals surface area contributed by atoms with E-state index in [2.05, 4.69) is 9.89 Å². The molecule has 1 aliphatic rings. The Kier molecular flexibility index (Phi) is 6.69. The quantitative estimate of drug-likeness (QED) is 0.325. The molecule has 0 radical (unpaired) electrons. The first-order valence-electron chi connectivity index (χ1n) is 7.18. The second kappa shape index (κ2) is 8.26. The number of methoxy groups -OCH3 is 1. The van der Waals surface area contributed by atoms with E-state index < -0.39 is 11.9 Å². The highest BCUT2D eigenvalue weighted by Crippen LogP contribution is 2.21. The maximum Gasteiger partial charge on any atom is 0.335 e. The second-order valence-electron chi connectivity index (χ2n) is 5.12. The monoisotopic (exact) mass is 307 g/mol. The molecule has 1 atom stereocenters. The number of ether oxygens (including phenoxy) is 1. The number of hydrogen-bond acceptors (Lipinski definition) is 6. The van der Waals surface area contributed by atoms with Gasteiger partial charge in [0.1, 0.15) is 5.71 Å². The van der Waals surface area contributed by atoms with Crippen LogP contribution in [0.15, 0.2) is 28.5 Å². The second-order valence-corrected chi connectivity index (χ2v) is 5.12. The highest BCUT2D eigenvalue weighted by Gasteiger charge is 2.21. The predicted octanol–water partition coefficient (Wildman–Crippen LogP) is 2.34. The molecule has 0 aromatic rings. The van der Waals surface area contributed by atoms with Crippen LogP contribution in [0.2, 0.25) is 0 Å². The number of carbonyl (C=O) groups excluding carboxylic acids is 3. The molecule has 0 aliphatic heterocycles. The van der Waals surface area contributed by atoms with Crippen LogP contribution in [0.25, 0.3) is 0 Å². The lowest BCUT2D eigenvalue weighted by Crippen LogP contribution is -2.17. The molecule has 1 aliphatic carbocycles. The Hall–Kier alpha value is -2.24. The minimum absolute atomic E-state index is 0.0391. The molecule has 0 bridgehead atoms. The molecule has 0 N–H and O–H groups in total. The van der Waals surface area contributed by atoms with Crippen molar-refractivity contribution in [2.75, 3.05) is 7.11 Å². The number of ketones is 1. The van der Waals surface area contributed by atoms with Crippen molar-refractivity contribution < 1.29 is 24.0 Å². The van der Waals surface area contributed by atoms with Crippen molar-refractivity contribution in [3.63, 3.8) is 0 Å². The molecule has 0 fully saturated rings. The molecule has 0 saturated carbocycles. The van der Waals surface area contributed by atoms with Crippen LogP contribution in [-0.4, -0.2) is 30.5 Å². The Morgan fingerprint density at radius 2 is 1.86 bits per heavy atom. The molecule has 22 heavy (non-hydrogen) atoms. The first-order chi connectivity index (χ1) is 10.4. The molecule has 1 unspecified atom stereocenters. The summed E-state index contributed by atoms with van der Waals surface area (Å²) in [4.78, 5) is 39.2. The molecule has 0 spiro atoms. The van der Waals surface area contributed by atoms with E-state index in [1.807, 2.05) is 13.8 Å². The Balaban J connectivity index is 2.74. The number of carbonyl (C=O) groups is 3. The van der Waals surface area contributed by atoms with Gasteiger partial charge in [-0.1, -0.05) is 19.0 Å². The largest absolute Gasteiger partial charge is 0.469 e. The lowest BCUT2D eigenvalue weighted by molar-refractivity contribution is -0.148. The Morgan fingerprint density at radius 1 is 1.23 bits per heavy atom. The van der Waals surface area contributed by atoms with Gasteiger partial charge in [-0.25, -0.2) is 4.79 Å². The van der Waals surface area contributed by atoms with Crippen molar-refractivity contribution in [3.05, 3.63) is 23.3 Å². The number of hydrogen-bond donors (Lipinski definition) is 0. The van der Waals surface area contributed by atoms with Crippen LogP contribution >= 0.6 is 0 Å². The summed E-state index contributed by atoms with van der Waals surface area (Å²) >= 11 is 0. The van der Waals surface area contributed by atoms with E-state index in [0.717, 1.165) is 6.42 Å². The fourth-order valence-electron chi connectivity index (χ4n) is 1.84. The lowest BCUT2D eigenvalue weighted by Gasteiger charge is -2.16. The summed E-state index contributed by atoms with van der Waals surface area (Å²) in [5, 5.41) is 3.79. The molecule has 0 aromatic heterocycles. The molecule has 0 heterocycles. The van der Waals surface area contributed by atoms with Crippen molar-refractivity contribution in [1.82, 2.24) is 0 Å². The lowest BCUT2D eigenvalue weighted by atomic mass is 9.88. The Morgan fingerprint density at radius 3 is 2.45 bits per heavy atom. The average Bonchev–Trinajstić information content (AvgIpc) is 2.50. The smallest absolute Gasteiger partial charge is 0.335 e. The van der Waals surface area contributed by atoms with Crippen molar-refractivity contribution in [1.29, 1.82) is 0 Å². The first-order valence-corrected chi connectivity index (χ1v) is 7.18. The van der Waals surface area contributed by atoms with Crippen LogP contribution in [0.5, 0.6) is 0 Å². The average molecular weight is 307 g/mol. The van der Waals surface area contributed by atoms with E-state index in [-0.39, 0.29) is 24.5 Å². The maximum atomic E-state index is 11.9. The highest BCUT2D eigenvalue weighted by molar-refractivity contribution is 6.21. The van der Waals surface area contributed by atoms with Gasteiger partial charge in [-0.3, -0.25) is 9.59 Å². The topological polar surface area (TPSA) is 82.0 Å². The van der Waals surface area contributed by atoms with Crippen molar-refractivity contribution in [2.45, 2.75) is 40.0 Å². The molecule has 6 heteroatoms. The maximum absolute atomic E-state index is 11.9. The number of esters is 1. The van der Waals surface area contributed by atoms with Gasteiger partial charge in [0.2, 0.25) is 0 Å². The first kappa shape index (κ1) is 17.8. The summed E-state index contributed by atoms with van der Waals surface area (Å²) < 4.78 is 4.44. The van der Waals surface area contributed by atoms with Crippen LogP contribution in [0, 0.1) is 5.92 Å². The van der Waals surface area contributed by atoms with E-state index in [1.54, 1.807) is 13.0 Å². The van der Waals surface area contributed by atoms with Crippen LogP contribution < -0.4 is 0 Å². The minimum atomic E-state index is -0.624. The summed E-state index contributed by atoms with van der Waals surface area (Å²) in [6.07, 6.45) is 3.81. The van der Waals surface area contributed by atoms with E-state index in [9.17, 15) is 14.4 Å². The van der Waals surface area contributed by atoms with Gasteiger partial charge in [0.15, 0.2) is 5.78 Å². The van der Waals surface area contributed by atoms with Gasteiger partial charge < -0.3 is 9.57 Å². The summed E-state index contributed by atoms with van der Waals surface area (Å²) in [5.41, 5.74) is 1.73. The van der Waals surface area contributed by atoms with E-state index >= 15 is 0 Å². The zero-order chi connectivity index (χ0) is 16.7. The normalized spacial score (nSPS) is 17.6. The fourth-order valence-corrected chi connectivity index (χ4v) is 1.84. The predicted molar refractivity (Wildman–Crippen MR) is 81.1 cm³/mol. The molecule has 120 valence electrons. The van der Waals surface area contributed by atoms with Crippen molar-refractivity contribution in [2.24, 2.45) is 11.1 Å². The number of nitrogens with zero attached hydrogens (tertiary/aromatic N) is 1. The molecule has 6 nitrogen and oxygen atoms in total. The third kappa shape index (κ3) is 4.95. The van der Waals surface area contributed by atoms with E-state index in [0.29, 0.717) is 16.9 Å². The molecule has 0 amide bonds. The van der Waals surface area contributed by atoms with Crippen LogP contribution in [-0.2, 0) is 24.0 Å². The van der Waals surface area contributed by atoms with Gasteiger partial charge >= 0.3 is 11.9 Å². The fraction of sp³-hybridized carbons (Fsp3) is 0.500. The van der Waals surface area contributed by atoms with Gasteiger partial charge in [0.25, 0.3) is 0 Å². The summed E-state index contributed by atoms with van der Waals surface area (Å²) in [7, 11) is 1.25. The van der Waals surface area contributed by atoms with Gasteiger partial charge in [-0.2, -0.15) is 0 Å². The minimum Gasteiger partial charge on any atom is -0.469 e. The molecular formula is C16H21NO5. The molecule has 0 saturated heterocycles. The summed E-state index contributed by atoms with van der Waals surface area (Å²) in [6.45, 7) is 5.68. The van der Waals surface area contributed by atoms with Crippen molar-refractivity contribution >= 4 is 23.4 Å². The molecular weight excluding hydrogens is 286 g/mol. The SMILES string of the molecule is CCC(C)C1=C/C(=N\OC(=O)CCC(=O)OC)C(C)=CC1=O. The van der Waals surface area contributed by atoms with Gasteiger partial charge in [0, 0.05) is 5.57 Å². The number of rotatable bonds is 6. The summed E-state index contributed by atoms with van der Waals surface area (Å²) in [5.74, 6) is -1.04. The van der Waals surface area contributed by atoms with Gasteiger partial charge in [-0.15, -0.1) is 0 Å². The number of oxime groups is 1. The third-order valence-corrected chi connectivity index (χ3v) is 3.48. The summed E-state index contributed by atoms with van der Waals surface area (Å²) in [6, 6.07) is 0. The molecule has 0 aromatic carbocycles. The zero-order valence-corrected chi connectivity index (χ0v) is 13.3. The van der Waals surface area contributed by atoms with Crippen LogP contribution in [0.1, 0.15) is 40.0 Å². The van der Waals surface area contributed by atoms with E-state index in [4.69, 9.17) is 4.84 Å². The van der Waals surface area contributed by atoms with E-state index in [1.165, 1.54) is 13.2 Å². The Bertz CT molecular complexity index is 557. The van der Waals surface area contributed by atoms with Crippen LogP contribution in [0.3, 0.4) is 0 Å². The Labute approximate surface area is 129 Å². The zero-order valence-electron chi connectivity index (χ0n) is 13.3. The van der Waals surface area contributed by atoms with Crippen molar-refractivity contribution in [3.8, 4) is 0 Å². The highest BCUT2D eigenvalue weighted by atomic mass is 16.7. The van der Waals surface area contributed by atoms with Gasteiger partial charge in [0.05, 0.1) is 20.0 Å². The number of allylic oxidation sites excluding steroid dienone is 4. The van der Waals surface area contributed by atoms with Gasteiger partial charge in [-0.05, 0) is 37.0 Å².